The molecule has 7 heteroatoms. The van der Waals surface area contributed by atoms with E-state index >= 15 is 0 Å². The van der Waals surface area contributed by atoms with Gasteiger partial charge >= 0.3 is 0 Å². The zero-order valence-corrected chi connectivity index (χ0v) is 12.0. The number of hydrogen-bond acceptors (Lipinski definition) is 4. The van der Waals surface area contributed by atoms with Crippen molar-refractivity contribution in [1.29, 1.82) is 0 Å². The van der Waals surface area contributed by atoms with Gasteiger partial charge in [0.25, 0.3) is 5.56 Å². The number of aromatic nitrogens is 1. The molecule has 2 rings (SSSR count). The molecule has 3 N–H and O–H groups in total. The maximum atomic E-state index is 11.9. The Kier molecular flexibility index (Phi) is 4.10. The van der Waals surface area contributed by atoms with E-state index in [0.717, 1.165) is 10.9 Å². The molecule has 0 fully saturated rings. The highest BCUT2D eigenvalue weighted by Crippen LogP contribution is 2.20. The first kappa shape index (κ1) is 14.5. The number of hydrogen-bond donors (Lipinski definition) is 2. The van der Waals surface area contributed by atoms with E-state index in [-0.39, 0.29) is 11.3 Å². The number of primary sulfonamides is 1. The number of sulfonamides is 1. The molecular formula is C13H17N3O3S. The predicted molar refractivity (Wildman–Crippen MR) is 80.3 cm³/mol. The second-order valence-corrected chi connectivity index (χ2v) is 6.35. The smallest absolute Gasteiger partial charge is 0.252 e. The van der Waals surface area contributed by atoms with Crippen LogP contribution in [0.5, 0.6) is 0 Å². The van der Waals surface area contributed by atoms with E-state index in [2.05, 4.69) is 5.32 Å². The number of nitrogens with one attached hydrogen (secondary N) is 1. The fourth-order valence-electron chi connectivity index (χ4n) is 2.05. The number of para-hydroxylation sites is 1. The van der Waals surface area contributed by atoms with Crippen LogP contribution >= 0.6 is 0 Å². The van der Waals surface area contributed by atoms with Crippen molar-refractivity contribution < 1.29 is 8.42 Å². The van der Waals surface area contributed by atoms with Crippen molar-refractivity contribution in [1.82, 2.24) is 4.57 Å². The third kappa shape index (κ3) is 3.37. The van der Waals surface area contributed by atoms with Gasteiger partial charge < -0.3 is 9.88 Å². The summed E-state index contributed by atoms with van der Waals surface area (Å²) in [6.07, 6.45) is 0.391. The highest BCUT2D eigenvalue weighted by Gasteiger charge is 2.06. The second kappa shape index (κ2) is 5.64. The summed E-state index contributed by atoms with van der Waals surface area (Å²) >= 11 is 0. The van der Waals surface area contributed by atoms with Crippen molar-refractivity contribution in [2.45, 2.75) is 6.42 Å². The maximum Gasteiger partial charge on any atom is 0.252 e. The topological polar surface area (TPSA) is 94.2 Å². The number of anilines is 1. The quantitative estimate of drug-likeness (QED) is 0.791. The molecule has 6 nitrogen and oxygen atoms in total. The second-order valence-electron chi connectivity index (χ2n) is 4.62. The largest absolute Gasteiger partial charge is 0.384 e. The van der Waals surface area contributed by atoms with E-state index in [1.807, 2.05) is 24.3 Å². The average Bonchev–Trinajstić information content (AvgIpc) is 2.39. The van der Waals surface area contributed by atoms with Crippen molar-refractivity contribution in [3.05, 3.63) is 40.7 Å². The number of aryl methyl sites for hydroxylation is 1. The van der Waals surface area contributed by atoms with Gasteiger partial charge in [-0.1, -0.05) is 18.2 Å². The lowest BCUT2D eigenvalue weighted by Crippen LogP contribution is -2.20. The van der Waals surface area contributed by atoms with Crippen molar-refractivity contribution in [2.75, 3.05) is 17.6 Å². The molecule has 0 unspecified atom stereocenters. The van der Waals surface area contributed by atoms with Gasteiger partial charge in [0.1, 0.15) is 0 Å². The Bertz CT molecular complexity index is 781. The predicted octanol–water partition coefficient (Wildman–Crippen LogP) is 0.629. The van der Waals surface area contributed by atoms with Crippen LogP contribution in [0.2, 0.25) is 0 Å². The summed E-state index contributed by atoms with van der Waals surface area (Å²) in [7, 11) is -1.72. The highest BCUT2D eigenvalue weighted by atomic mass is 32.2. The molecule has 0 bridgehead atoms. The van der Waals surface area contributed by atoms with E-state index in [1.54, 1.807) is 11.6 Å². The summed E-state index contributed by atoms with van der Waals surface area (Å²) in [5.41, 5.74) is 1.42. The summed E-state index contributed by atoms with van der Waals surface area (Å²) < 4.78 is 23.3. The first-order valence-corrected chi connectivity index (χ1v) is 7.93. The van der Waals surface area contributed by atoms with Crippen molar-refractivity contribution in [3.63, 3.8) is 0 Å². The van der Waals surface area contributed by atoms with Gasteiger partial charge in [-0.25, -0.2) is 13.6 Å². The molecule has 0 atom stereocenters. The van der Waals surface area contributed by atoms with Gasteiger partial charge in [0.15, 0.2) is 0 Å². The van der Waals surface area contributed by atoms with Crippen LogP contribution in [0.15, 0.2) is 35.1 Å². The van der Waals surface area contributed by atoms with Crippen LogP contribution in [0.1, 0.15) is 6.42 Å². The molecule has 0 aliphatic rings. The SMILES string of the molecule is Cn1c(=O)cc(NCCCS(N)(=O)=O)c2ccccc21. The van der Waals surface area contributed by atoms with Crippen LogP contribution < -0.4 is 16.0 Å². The lowest BCUT2D eigenvalue weighted by atomic mass is 10.2. The molecular weight excluding hydrogens is 278 g/mol. The Hall–Kier alpha value is -1.86. The molecule has 1 heterocycles. The summed E-state index contributed by atoms with van der Waals surface area (Å²) in [4.78, 5) is 11.9. The Morgan fingerprint density at radius 2 is 2.00 bits per heavy atom. The van der Waals surface area contributed by atoms with Gasteiger partial charge in [0.2, 0.25) is 10.0 Å². The lowest BCUT2D eigenvalue weighted by Gasteiger charge is -2.11. The van der Waals surface area contributed by atoms with E-state index in [9.17, 15) is 13.2 Å². The summed E-state index contributed by atoms with van der Waals surface area (Å²) in [6, 6.07) is 9.05. The third-order valence-electron chi connectivity index (χ3n) is 3.08. The molecule has 0 radical (unpaired) electrons. The summed E-state index contributed by atoms with van der Waals surface area (Å²) in [5, 5.41) is 8.96. The molecule has 1 aromatic heterocycles. The molecule has 0 saturated heterocycles. The zero-order valence-electron chi connectivity index (χ0n) is 11.2. The molecule has 1 aromatic carbocycles. The summed E-state index contributed by atoms with van der Waals surface area (Å²) in [6.45, 7) is 0.438. The standard InChI is InChI=1S/C13H17N3O3S/c1-16-12-6-3-2-5-10(12)11(9-13(16)17)15-7-4-8-20(14,18)19/h2-3,5-6,9,15H,4,7-8H2,1H3,(H2,14,18,19). The zero-order chi connectivity index (χ0) is 14.8. The third-order valence-corrected chi connectivity index (χ3v) is 3.93. The Labute approximate surface area is 117 Å². The fourth-order valence-corrected chi connectivity index (χ4v) is 2.60. The minimum absolute atomic E-state index is 0.0806. The molecule has 0 saturated carbocycles. The monoisotopic (exact) mass is 295 g/mol. The lowest BCUT2D eigenvalue weighted by molar-refractivity contribution is 0.596. The van der Waals surface area contributed by atoms with Crippen LogP contribution in [0.25, 0.3) is 10.9 Å². The van der Waals surface area contributed by atoms with Crippen LogP contribution in [0.3, 0.4) is 0 Å². The van der Waals surface area contributed by atoms with Crippen LogP contribution in [-0.2, 0) is 17.1 Å². The van der Waals surface area contributed by atoms with Gasteiger partial charge in [0.05, 0.1) is 11.3 Å². The van der Waals surface area contributed by atoms with Crippen molar-refractivity contribution in [3.8, 4) is 0 Å². The minimum atomic E-state index is -3.44. The Morgan fingerprint density at radius 1 is 1.30 bits per heavy atom. The Morgan fingerprint density at radius 3 is 2.70 bits per heavy atom. The number of rotatable bonds is 5. The molecule has 108 valence electrons. The number of benzene rings is 1. The van der Waals surface area contributed by atoms with E-state index in [1.165, 1.54) is 6.07 Å². The maximum absolute atomic E-state index is 11.9. The molecule has 0 spiro atoms. The molecule has 2 aromatic rings. The van der Waals surface area contributed by atoms with E-state index in [0.29, 0.717) is 18.7 Å². The van der Waals surface area contributed by atoms with Gasteiger partial charge in [-0.3, -0.25) is 4.79 Å². The molecule has 0 amide bonds. The number of nitrogens with two attached hydrogens (primary N) is 1. The van der Waals surface area contributed by atoms with E-state index in [4.69, 9.17) is 5.14 Å². The first-order chi connectivity index (χ1) is 9.38. The van der Waals surface area contributed by atoms with Gasteiger partial charge in [-0.15, -0.1) is 0 Å². The molecule has 20 heavy (non-hydrogen) atoms. The molecule has 0 aliphatic heterocycles. The fraction of sp³-hybridized carbons (Fsp3) is 0.308. The van der Waals surface area contributed by atoms with Crippen molar-refractivity contribution >= 4 is 26.6 Å². The van der Waals surface area contributed by atoms with Crippen molar-refractivity contribution in [2.24, 2.45) is 12.2 Å². The average molecular weight is 295 g/mol. The van der Waals surface area contributed by atoms with Crippen LogP contribution in [0, 0.1) is 0 Å². The number of nitrogens with zero attached hydrogens (tertiary/aromatic N) is 1. The highest BCUT2D eigenvalue weighted by molar-refractivity contribution is 7.89. The molecule has 0 aliphatic carbocycles. The van der Waals surface area contributed by atoms with E-state index < -0.39 is 10.0 Å². The first-order valence-electron chi connectivity index (χ1n) is 6.21. The van der Waals surface area contributed by atoms with Crippen LogP contribution in [-0.4, -0.2) is 25.3 Å². The van der Waals surface area contributed by atoms with Gasteiger partial charge in [-0.05, 0) is 12.5 Å². The number of fused-ring (bicyclic) bond motifs is 1. The van der Waals surface area contributed by atoms with Crippen LogP contribution in [0.4, 0.5) is 5.69 Å². The van der Waals surface area contributed by atoms with Gasteiger partial charge in [0, 0.05) is 30.7 Å². The summed E-state index contributed by atoms with van der Waals surface area (Å²) in [5.74, 6) is -0.0806. The number of pyridine rings is 1. The van der Waals surface area contributed by atoms with Gasteiger partial charge in [-0.2, -0.15) is 0 Å². The normalized spacial score (nSPS) is 11.7. The Balaban J connectivity index is 2.22. The minimum Gasteiger partial charge on any atom is -0.384 e.